The van der Waals surface area contributed by atoms with Crippen molar-refractivity contribution in [2.45, 2.75) is 19.4 Å². The maximum atomic E-state index is 12.4. The summed E-state index contributed by atoms with van der Waals surface area (Å²) in [5, 5.41) is 0. The summed E-state index contributed by atoms with van der Waals surface area (Å²) in [6.45, 7) is 4.75. The molecule has 1 aliphatic heterocycles. The predicted octanol–water partition coefficient (Wildman–Crippen LogP) is 1.58. The van der Waals surface area contributed by atoms with E-state index in [-0.39, 0.29) is 5.91 Å². The highest BCUT2D eigenvalue weighted by Gasteiger charge is 2.25. The first-order valence-corrected chi connectivity index (χ1v) is 7.93. The van der Waals surface area contributed by atoms with Crippen molar-refractivity contribution in [2.75, 3.05) is 32.8 Å². The van der Waals surface area contributed by atoms with Crippen LogP contribution in [0.4, 0.5) is 0 Å². The molecule has 1 amide bonds. The molecule has 21 heavy (non-hydrogen) atoms. The van der Waals surface area contributed by atoms with Gasteiger partial charge in [0.25, 0.3) is 5.91 Å². The highest BCUT2D eigenvalue weighted by Crippen LogP contribution is 2.30. The normalized spacial score (nSPS) is 16.6. The van der Waals surface area contributed by atoms with Crippen molar-refractivity contribution in [1.82, 2.24) is 4.90 Å². The van der Waals surface area contributed by atoms with Crippen LogP contribution in [0.25, 0.3) is 0 Å². The number of nitrogens with zero attached hydrogens (tertiary/aromatic N) is 1. The zero-order valence-corrected chi connectivity index (χ0v) is 13.8. The molecular formula is C15H21BrN2O3. The third kappa shape index (κ3) is 4.18. The van der Waals surface area contributed by atoms with Crippen molar-refractivity contribution in [3.8, 4) is 5.75 Å². The van der Waals surface area contributed by atoms with Crippen molar-refractivity contribution in [2.24, 2.45) is 5.73 Å². The standard InChI is InChI=1S/C15H21BrN2O3/c1-11(15(19)18-7-9-20-10-8-18)21-14-12(5-6-17)3-2-4-13(14)16/h2-4,11H,5-10,17H2,1H3. The fourth-order valence-corrected chi connectivity index (χ4v) is 2.81. The van der Waals surface area contributed by atoms with Gasteiger partial charge in [0.2, 0.25) is 0 Å². The molecule has 1 fully saturated rings. The van der Waals surface area contributed by atoms with Crippen molar-refractivity contribution in [1.29, 1.82) is 0 Å². The first-order chi connectivity index (χ1) is 10.1. The minimum absolute atomic E-state index is 0.00671. The third-order valence-corrected chi connectivity index (χ3v) is 4.05. The van der Waals surface area contributed by atoms with Crippen LogP contribution in [0, 0.1) is 0 Å². The van der Waals surface area contributed by atoms with Crippen molar-refractivity contribution < 1.29 is 14.3 Å². The lowest BCUT2D eigenvalue weighted by atomic mass is 10.1. The quantitative estimate of drug-likeness (QED) is 0.869. The highest BCUT2D eigenvalue weighted by atomic mass is 79.9. The number of hydrogen-bond acceptors (Lipinski definition) is 4. The van der Waals surface area contributed by atoms with E-state index >= 15 is 0 Å². The van der Waals surface area contributed by atoms with E-state index in [9.17, 15) is 4.79 Å². The number of carbonyl (C=O) groups excluding carboxylic acids is 1. The van der Waals surface area contributed by atoms with Gasteiger partial charge in [0.15, 0.2) is 6.10 Å². The monoisotopic (exact) mass is 356 g/mol. The molecule has 1 aromatic rings. The lowest BCUT2D eigenvalue weighted by Crippen LogP contribution is -2.46. The molecule has 0 saturated carbocycles. The zero-order chi connectivity index (χ0) is 15.2. The van der Waals surface area contributed by atoms with Crippen LogP contribution in [-0.2, 0) is 16.0 Å². The number of morpholine rings is 1. The Bertz CT molecular complexity index is 490. The second-order valence-corrected chi connectivity index (χ2v) is 5.82. The first kappa shape index (κ1) is 16.3. The summed E-state index contributed by atoms with van der Waals surface area (Å²) >= 11 is 3.48. The summed E-state index contributed by atoms with van der Waals surface area (Å²) in [6, 6.07) is 5.82. The maximum Gasteiger partial charge on any atom is 0.263 e. The summed E-state index contributed by atoms with van der Waals surface area (Å²) in [4.78, 5) is 14.2. The van der Waals surface area contributed by atoms with Gasteiger partial charge in [-0.2, -0.15) is 0 Å². The molecular weight excluding hydrogens is 336 g/mol. The second kappa shape index (κ2) is 7.77. The largest absolute Gasteiger partial charge is 0.479 e. The van der Waals surface area contributed by atoms with Crippen molar-refractivity contribution in [3.05, 3.63) is 28.2 Å². The average molecular weight is 357 g/mol. The van der Waals surface area contributed by atoms with Crippen molar-refractivity contribution >= 4 is 21.8 Å². The zero-order valence-electron chi connectivity index (χ0n) is 12.2. The van der Waals surface area contributed by atoms with Crippen LogP contribution in [0.15, 0.2) is 22.7 Å². The first-order valence-electron chi connectivity index (χ1n) is 7.14. The van der Waals surface area contributed by atoms with Gasteiger partial charge in [0.05, 0.1) is 17.7 Å². The van der Waals surface area contributed by atoms with Gasteiger partial charge in [-0.1, -0.05) is 12.1 Å². The molecule has 1 heterocycles. The summed E-state index contributed by atoms with van der Waals surface area (Å²) in [5.74, 6) is 0.699. The van der Waals surface area contributed by atoms with E-state index in [4.69, 9.17) is 15.2 Å². The maximum absolute atomic E-state index is 12.4. The SMILES string of the molecule is CC(Oc1c(Br)cccc1CCN)C(=O)N1CCOCC1. The number of benzene rings is 1. The molecule has 0 spiro atoms. The van der Waals surface area contributed by atoms with Gasteiger partial charge >= 0.3 is 0 Å². The predicted molar refractivity (Wildman–Crippen MR) is 84.4 cm³/mol. The average Bonchev–Trinajstić information content (AvgIpc) is 2.51. The van der Waals surface area contributed by atoms with Gasteiger partial charge in [0, 0.05) is 13.1 Å². The number of amides is 1. The number of halogens is 1. The van der Waals surface area contributed by atoms with Gasteiger partial charge in [-0.3, -0.25) is 4.79 Å². The number of para-hydroxylation sites is 1. The Morgan fingerprint density at radius 1 is 1.48 bits per heavy atom. The second-order valence-electron chi connectivity index (χ2n) is 4.96. The Balaban J connectivity index is 2.07. The van der Waals surface area contributed by atoms with Crippen LogP contribution in [0.3, 0.4) is 0 Å². The van der Waals surface area contributed by atoms with Crippen LogP contribution in [0.1, 0.15) is 12.5 Å². The number of rotatable bonds is 5. The summed E-state index contributed by atoms with van der Waals surface area (Å²) in [5.41, 5.74) is 6.63. The van der Waals surface area contributed by atoms with Crippen LogP contribution < -0.4 is 10.5 Å². The summed E-state index contributed by atoms with van der Waals surface area (Å²) in [6.07, 6.45) is 0.186. The molecule has 6 heteroatoms. The molecule has 0 bridgehead atoms. The number of carbonyl (C=O) groups is 1. The molecule has 2 N–H and O–H groups in total. The summed E-state index contributed by atoms with van der Waals surface area (Å²) < 4.78 is 12.0. The van der Waals surface area contributed by atoms with E-state index in [0.717, 1.165) is 10.0 Å². The molecule has 0 aromatic heterocycles. The van der Waals surface area contributed by atoms with Crippen LogP contribution in [0.2, 0.25) is 0 Å². The Hall–Kier alpha value is -1.11. The smallest absolute Gasteiger partial charge is 0.263 e. The highest BCUT2D eigenvalue weighted by molar-refractivity contribution is 9.10. The van der Waals surface area contributed by atoms with Crippen LogP contribution >= 0.6 is 15.9 Å². The number of hydrogen-bond donors (Lipinski definition) is 1. The molecule has 1 aromatic carbocycles. The Morgan fingerprint density at radius 3 is 2.86 bits per heavy atom. The molecule has 0 radical (unpaired) electrons. The molecule has 1 unspecified atom stereocenters. The molecule has 1 atom stereocenters. The molecule has 116 valence electrons. The molecule has 5 nitrogen and oxygen atoms in total. The van der Waals surface area contributed by atoms with Gasteiger partial charge in [-0.25, -0.2) is 0 Å². The molecule has 0 aliphatic carbocycles. The summed E-state index contributed by atoms with van der Waals surface area (Å²) in [7, 11) is 0. The van der Waals surface area contributed by atoms with Gasteiger partial charge in [0.1, 0.15) is 5.75 Å². The topological polar surface area (TPSA) is 64.8 Å². The van der Waals surface area contributed by atoms with Crippen molar-refractivity contribution in [3.63, 3.8) is 0 Å². The minimum atomic E-state index is -0.529. The van der Waals surface area contributed by atoms with E-state index < -0.39 is 6.10 Å². The fraction of sp³-hybridized carbons (Fsp3) is 0.533. The number of ether oxygens (including phenoxy) is 2. The fourth-order valence-electron chi connectivity index (χ4n) is 2.31. The lowest BCUT2D eigenvalue weighted by molar-refractivity contribution is -0.142. The van der Waals surface area contributed by atoms with E-state index in [0.29, 0.717) is 45.0 Å². The van der Waals surface area contributed by atoms with Gasteiger partial charge < -0.3 is 20.1 Å². The van der Waals surface area contributed by atoms with Crippen LogP contribution in [0.5, 0.6) is 5.75 Å². The third-order valence-electron chi connectivity index (χ3n) is 3.43. The minimum Gasteiger partial charge on any atom is -0.479 e. The lowest BCUT2D eigenvalue weighted by Gasteiger charge is -2.29. The van der Waals surface area contributed by atoms with E-state index in [1.165, 1.54) is 0 Å². The molecule has 1 saturated heterocycles. The number of nitrogens with two attached hydrogens (primary N) is 1. The van der Waals surface area contributed by atoms with E-state index in [1.54, 1.807) is 11.8 Å². The van der Waals surface area contributed by atoms with E-state index in [2.05, 4.69) is 15.9 Å². The van der Waals surface area contributed by atoms with Gasteiger partial charge in [-0.05, 0) is 47.4 Å². The molecule has 1 aliphatic rings. The van der Waals surface area contributed by atoms with Gasteiger partial charge in [-0.15, -0.1) is 0 Å². The van der Waals surface area contributed by atoms with Crippen LogP contribution in [-0.4, -0.2) is 49.8 Å². The Kier molecular flexibility index (Phi) is 6.02. The Labute approximate surface area is 133 Å². The van der Waals surface area contributed by atoms with E-state index in [1.807, 2.05) is 18.2 Å². The molecule has 2 rings (SSSR count). The Morgan fingerprint density at radius 2 is 2.19 bits per heavy atom.